The summed E-state index contributed by atoms with van der Waals surface area (Å²) in [5.41, 5.74) is 2.43. The van der Waals surface area contributed by atoms with E-state index >= 15 is 0 Å². The van der Waals surface area contributed by atoms with Gasteiger partial charge in [0.25, 0.3) is 11.6 Å². The summed E-state index contributed by atoms with van der Waals surface area (Å²) in [6.07, 6.45) is 3.83. The van der Waals surface area contributed by atoms with E-state index in [1.165, 1.54) is 35.6 Å². The zero-order valence-corrected chi connectivity index (χ0v) is 16.3. The van der Waals surface area contributed by atoms with Gasteiger partial charge in [-0.2, -0.15) is 0 Å². The Morgan fingerprint density at radius 3 is 2.31 bits per heavy atom. The van der Waals surface area contributed by atoms with Crippen molar-refractivity contribution in [1.82, 2.24) is 0 Å². The normalized spacial score (nSPS) is 12.8. The molecule has 4 rings (SSSR count). The molecule has 0 bridgehead atoms. The quantitative estimate of drug-likeness (QED) is 0.366. The minimum absolute atomic E-state index is 0.0758. The summed E-state index contributed by atoms with van der Waals surface area (Å²) in [4.78, 5) is 37.4. The van der Waals surface area contributed by atoms with Gasteiger partial charge in [0.2, 0.25) is 0 Å². The number of amides is 1. The van der Waals surface area contributed by atoms with Crippen LogP contribution < -0.4 is 5.32 Å². The molecule has 0 atom stereocenters. The number of nitrogens with zero attached hydrogens (tertiary/aromatic N) is 1. The zero-order valence-electron chi connectivity index (χ0n) is 15.5. The number of non-ortho nitro benzene ring substituents is 1. The summed E-state index contributed by atoms with van der Waals surface area (Å²) < 4.78 is 0. The number of anilines is 1. The predicted molar refractivity (Wildman–Crippen MR) is 112 cm³/mol. The maximum absolute atomic E-state index is 13.2. The van der Waals surface area contributed by atoms with E-state index in [0.717, 1.165) is 36.1 Å². The topological polar surface area (TPSA) is 89.3 Å². The molecule has 0 saturated carbocycles. The molecule has 1 aliphatic rings. The number of hydrogen-bond donors (Lipinski definition) is 1. The molecule has 7 heteroatoms. The average Bonchev–Trinajstić information content (AvgIpc) is 3.11. The molecule has 1 aromatic heterocycles. The number of rotatable bonds is 5. The van der Waals surface area contributed by atoms with Crippen LogP contribution in [0.1, 0.15) is 49.6 Å². The second-order valence-corrected chi connectivity index (χ2v) is 7.97. The van der Waals surface area contributed by atoms with Gasteiger partial charge in [0.1, 0.15) is 5.00 Å². The average molecular weight is 406 g/mol. The van der Waals surface area contributed by atoms with Crippen molar-refractivity contribution in [3.63, 3.8) is 0 Å². The van der Waals surface area contributed by atoms with Crippen molar-refractivity contribution in [2.45, 2.75) is 25.7 Å². The van der Waals surface area contributed by atoms with Crippen LogP contribution in [0.5, 0.6) is 0 Å². The van der Waals surface area contributed by atoms with E-state index in [9.17, 15) is 19.7 Å². The number of fused-ring (bicyclic) bond motifs is 1. The summed E-state index contributed by atoms with van der Waals surface area (Å²) in [6.45, 7) is 0. The highest BCUT2D eigenvalue weighted by molar-refractivity contribution is 7.17. The molecule has 0 aliphatic heterocycles. The van der Waals surface area contributed by atoms with Crippen LogP contribution >= 0.6 is 11.3 Å². The third-order valence-corrected chi connectivity index (χ3v) is 6.21. The lowest BCUT2D eigenvalue weighted by molar-refractivity contribution is -0.384. The van der Waals surface area contributed by atoms with E-state index in [0.29, 0.717) is 21.7 Å². The van der Waals surface area contributed by atoms with Crippen molar-refractivity contribution in [3.8, 4) is 0 Å². The SMILES string of the molecule is O=C(Nc1sc2c(c1C(=O)c1ccccc1)CCCC2)c1ccc([N+](=O)[O-])cc1. The van der Waals surface area contributed by atoms with Gasteiger partial charge in [0.05, 0.1) is 10.5 Å². The standard InChI is InChI=1S/C22H18N2O4S/c25-20(14-6-2-1-3-7-14)19-17-8-4-5-9-18(17)29-22(19)23-21(26)15-10-12-16(13-11-15)24(27)28/h1-3,6-7,10-13H,4-5,8-9H2,(H,23,26). The van der Waals surface area contributed by atoms with Gasteiger partial charge < -0.3 is 5.32 Å². The molecule has 0 spiro atoms. The maximum Gasteiger partial charge on any atom is 0.269 e. The number of thiophene rings is 1. The minimum atomic E-state index is -0.508. The third-order valence-electron chi connectivity index (χ3n) is 5.00. The largest absolute Gasteiger partial charge is 0.313 e. The monoisotopic (exact) mass is 406 g/mol. The Bertz CT molecular complexity index is 1090. The molecule has 0 radical (unpaired) electrons. The van der Waals surface area contributed by atoms with Crippen LogP contribution in [0.15, 0.2) is 54.6 Å². The van der Waals surface area contributed by atoms with Crippen molar-refractivity contribution in [2.24, 2.45) is 0 Å². The molecule has 2 aromatic carbocycles. The Morgan fingerprint density at radius 2 is 1.62 bits per heavy atom. The highest BCUT2D eigenvalue weighted by Crippen LogP contribution is 2.39. The van der Waals surface area contributed by atoms with Crippen molar-refractivity contribution < 1.29 is 14.5 Å². The van der Waals surface area contributed by atoms with Crippen LogP contribution in [0.2, 0.25) is 0 Å². The van der Waals surface area contributed by atoms with Crippen molar-refractivity contribution in [2.75, 3.05) is 5.32 Å². The number of carbonyl (C=O) groups is 2. The molecule has 0 unspecified atom stereocenters. The maximum atomic E-state index is 13.2. The number of benzene rings is 2. The fraction of sp³-hybridized carbons (Fsp3) is 0.182. The molecule has 1 N–H and O–H groups in total. The molecule has 0 saturated heterocycles. The lowest BCUT2D eigenvalue weighted by atomic mass is 9.92. The van der Waals surface area contributed by atoms with Crippen LogP contribution in [-0.4, -0.2) is 16.6 Å². The molecule has 6 nitrogen and oxygen atoms in total. The molecule has 1 heterocycles. The molecule has 0 fully saturated rings. The Hall–Kier alpha value is -3.32. The molecule has 1 amide bonds. The van der Waals surface area contributed by atoms with E-state index < -0.39 is 4.92 Å². The molecular weight excluding hydrogens is 388 g/mol. The zero-order chi connectivity index (χ0) is 20.4. The third kappa shape index (κ3) is 3.82. The second-order valence-electron chi connectivity index (χ2n) is 6.87. The summed E-state index contributed by atoms with van der Waals surface area (Å²) in [5, 5.41) is 14.2. The summed E-state index contributed by atoms with van der Waals surface area (Å²) in [5.74, 6) is -0.482. The molecule has 146 valence electrons. The van der Waals surface area contributed by atoms with Gasteiger partial charge in [0.15, 0.2) is 5.78 Å². The summed E-state index contributed by atoms with van der Waals surface area (Å²) >= 11 is 1.45. The minimum Gasteiger partial charge on any atom is -0.313 e. The summed E-state index contributed by atoms with van der Waals surface area (Å²) in [7, 11) is 0. The first-order valence-corrected chi connectivity index (χ1v) is 10.2. The van der Waals surface area contributed by atoms with Crippen molar-refractivity contribution >= 4 is 33.7 Å². The van der Waals surface area contributed by atoms with E-state index in [4.69, 9.17) is 0 Å². The van der Waals surface area contributed by atoms with E-state index in [2.05, 4.69) is 5.32 Å². The number of carbonyl (C=O) groups excluding carboxylic acids is 2. The Kier molecular flexibility index (Phi) is 5.22. The number of nitrogens with one attached hydrogen (secondary N) is 1. The van der Waals surface area contributed by atoms with Crippen molar-refractivity contribution in [1.29, 1.82) is 0 Å². The number of aryl methyl sites for hydroxylation is 1. The van der Waals surface area contributed by atoms with Gasteiger partial charge in [-0.05, 0) is 43.4 Å². The Morgan fingerprint density at radius 1 is 0.931 bits per heavy atom. The van der Waals surface area contributed by atoms with Crippen LogP contribution in [-0.2, 0) is 12.8 Å². The fourth-order valence-electron chi connectivity index (χ4n) is 3.54. The molecule has 29 heavy (non-hydrogen) atoms. The summed E-state index contributed by atoms with van der Waals surface area (Å²) in [6, 6.07) is 14.5. The van der Waals surface area contributed by atoms with Gasteiger partial charge in [-0.3, -0.25) is 19.7 Å². The van der Waals surface area contributed by atoms with E-state index in [-0.39, 0.29) is 17.4 Å². The van der Waals surface area contributed by atoms with Gasteiger partial charge in [-0.25, -0.2) is 0 Å². The smallest absolute Gasteiger partial charge is 0.269 e. The first-order valence-electron chi connectivity index (χ1n) is 9.34. The van der Waals surface area contributed by atoms with Crippen LogP contribution in [0.3, 0.4) is 0 Å². The Balaban J connectivity index is 1.68. The second kappa shape index (κ2) is 7.97. The molecule has 3 aromatic rings. The van der Waals surface area contributed by atoms with Gasteiger partial charge in [-0.15, -0.1) is 11.3 Å². The molecular formula is C22H18N2O4S. The van der Waals surface area contributed by atoms with Gasteiger partial charge >= 0.3 is 0 Å². The first-order chi connectivity index (χ1) is 14.0. The lowest BCUT2D eigenvalue weighted by Gasteiger charge is -2.12. The number of ketones is 1. The fourth-order valence-corrected chi connectivity index (χ4v) is 4.82. The van der Waals surface area contributed by atoms with E-state index in [1.807, 2.05) is 18.2 Å². The first kappa shape index (κ1) is 19.0. The number of nitro benzene ring substituents is 1. The highest BCUT2D eigenvalue weighted by atomic mass is 32.1. The van der Waals surface area contributed by atoms with Crippen LogP contribution in [0.25, 0.3) is 0 Å². The van der Waals surface area contributed by atoms with Crippen molar-refractivity contribution in [3.05, 3.63) is 91.8 Å². The number of hydrogen-bond acceptors (Lipinski definition) is 5. The number of nitro groups is 1. The van der Waals surface area contributed by atoms with Gasteiger partial charge in [-0.1, -0.05) is 30.3 Å². The molecule has 1 aliphatic carbocycles. The lowest BCUT2D eigenvalue weighted by Crippen LogP contribution is -2.15. The van der Waals surface area contributed by atoms with Gasteiger partial charge in [0, 0.05) is 28.1 Å². The van der Waals surface area contributed by atoms with Crippen LogP contribution in [0.4, 0.5) is 10.7 Å². The van der Waals surface area contributed by atoms with Crippen LogP contribution in [0, 0.1) is 10.1 Å². The Labute approximate surface area is 171 Å². The highest BCUT2D eigenvalue weighted by Gasteiger charge is 2.27. The van der Waals surface area contributed by atoms with E-state index in [1.54, 1.807) is 12.1 Å². The predicted octanol–water partition coefficient (Wildman–Crippen LogP) is 5.02.